The summed E-state index contributed by atoms with van der Waals surface area (Å²) in [5.41, 5.74) is 1.27. The van der Waals surface area contributed by atoms with Crippen molar-refractivity contribution in [3.63, 3.8) is 0 Å². The molecule has 0 unspecified atom stereocenters. The molecule has 162 valence electrons. The van der Waals surface area contributed by atoms with E-state index in [0.29, 0.717) is 22.8 Å². The van der Waals surface area contributed by atoms with Crippen molar-refractivity contribution in [1.29, 1.82) is 0 Å². The molecule has 1 aliphatic heterocycles. The van der Waals surface area contributed by atoms with Crippen LogP contribution in [-0.4, -0.2) is 50.6 Å². The molecule has 30 heavy (non-hydrogen) atoms. The fourth-order valence-electron chi connectivity index (χ4n) is 3.40. The van der Waals surface area contributed by atoms with Crippen molar-refractivity contribution in [2.75, 3.05) is 23.7 Å². The highest BCUT2D eigenvalue weighted by Crippen LogP contribution is 2.20. The van der Waals surface area contributed by atoms with Crippen LogP contribution in [-0.2, 0) is 18.8 Å². The van der Waals surface area contributed by atoms with Gasteiger partial charge < -0.3 is 24.1 Å². The summed E-state index contributed by atoms with van der Waals surface area (Å²) in [4.78, 5) is 39.1. The second kappa shape index (κ2) is 8.25. The zero-order valence-electron chi connectivity index (χ0n) is 18.1. The molecule has 3 rings (SSSR count). The first kappa shape index (κ1) is 21.5. The van der Waals surface area contributed by atoms with Gasteiger partial charge in [0.05, 0.1) is 11.4 Å². The molecule has 0 atom stereocenters. The van der Waals surface area contributed by atoms with Crippen molar-refractivity contribution in [3.05, 3.63) is 35.9 Å². The van der Waals surface area contributed by atoms with Crippen LogP contribution >= 0.6 is 0 Å². The number of amides is 3. The molecule has 1 aliphatic rings. The summed E-state index contributed by atoms with van der Waals surface area (Å²) in [5.74, 6) is -0.376. The SMILES string of the molecule is Cn1cc(NC(=O)OC(C)(C)C)cc1C(=O)Nc1cc(C(=O)N2CCCC2)n(C)c1. The number of hydrogen-bond acceptors (Lipinski definition) is 4. The van der Waals surface area contributed by atoms with E-state index in [1.807, 2.05) is 4.90 Å². The lowest BCUT2D eigenvalue weighted by atomic mass is 10.2. The van der Waals surface area contributed by atoms with Gasteiger partial charge in [0.1, 0.15) is 17.0 Å². The van der Waals surface area contributed by atoms with Crippen LogP contribution in [0.25, 0.3) is 0 Å². The van der Waals surface area contributed by atoms with Crippen LogP contribution in [0.1, 0.15) is 54.6 Å². The number of carbonyl (C=O) groups is 3. The van der Waals surface area contributed by atoms with Crippen LogP contribution in [0, 0.1) is 0 Å². The highest BCUT2D eigenvalue weighted by atomic mass is 16.6. The van der Waals surface area contributed by atoms with E-state index in [0.717, 1.165) is 25.9 Å². The molecule has 3 amide bonds. The maximum atomic E-state index is 12.7. The maximum absolute atomic E-state index is 12.7. The zero-order valence-corrected chi connectivity index (χ0v) is 18.1. The molecule has 0 aromatic carbocycles. The fourth-order valence-corrected chi connectivity index (χ4v) is 3.40. The Morgan fingerprint density at radius 2 is 1.43 bits per heavy atom. The van der Waals surface area contributed by atoms with Crippen LogP contribution in [0.4, 0.5) is 16.2 Å². The predicted molar refractivity (Wildman–Crippen MR) is 114 cm³/mol. The molecule has 0 bridgehead atoms. The summed E-state index contributed by atoms with van der Waals surface area (Å²) < 4.78 is 8.56. The van der Waals surface area contributed by atoms with E-state index in [1.165, 1.54) is 0 Å². The Morgan fingerprint density at radius 1 is 0.900 bits per heavy atom. The molecule has 0 saturated carbocycles. The lowest BCUT2D eigenvalue weighted by Crippen LogP contribution is -2.29. The largest absolute Gasteiger partial charge is 0.444 e. The molecule has 0 radical (unpaired) electrons. The molecular formula is C21H29N5O4. The van der Waals surface area contributed by atoms with E-state index in [4.69, 9.17) is 4.74 Å². The van der Waals surface area contributed by atoms with Crippen molar-refractivity contribution in [1.82, 2.24) is 14.0 Å². The second-order valence-electron chi connectivity index (χ2n) is 8.53. The number of hydrogen-bond donors (Lipinski definition) is 2. The van der Waals surface area contributed by atoms with Gasteiger partial charge in [-0.3, -0.25) is 14.9 Å². The van der Waals surface area contributed by atoms with E-state index in [9.17, 15) is 14.4 Å². The summed E-state index contributed by atoms with van der Waals surface area (Å²) in [7, 11) is 3.49. The lowest BCUT2D eigenvalue weighted by Gasteiger charge is -2.19. The topological polar surface area (TPSA) is 97.6 Å². The number of ether oxygens (including phenoxy) is 1. The van der Waals surface area contributed by atoms with Gasteiger partial charge in [-0.25, -0.2) is 4.79 Å². The number of nitrogens with one attached hydrogen (secondary N) is 2. The third kappa shape index (κ3) is 5.03. The molecule has 2 aromatic heterocycles. The first-order chi connectivity index (χ1) is 14.0. The van der Waals surface area contributed by atoms with Gasteiger partial charge >= 0.3 is 6.09 Å². The molecular weight excluding hydrogens is 386 g/mol. The van der Waals surface area contributed by atoms with E-state index in [2.05, 4.69) is 10.6 Å². The van der Waals surface area contributed by atoms with E-state index in [1.54, 1.807) is 68.5 Å². The molecule has 2 N–H and O–H groups in total. The zero-order chi connectivity index (χ0) is 22.1. The van der Waals surface area contributed by atoms with Crippen LogP contribution < -0.4 is 10.6 Å². The summed E-state index contributed by atoms with van der Waals surface area (Å²) in [6.45, 7) is 6.86. The monoisotopic (exact) mass is 415 g/mol. The number of nitrogens with zero attached hydrogens (tertiary/aromatic N) is 3. The summed E-state index contributed by atoms with van der Waals surface area (Å²) in [5, 5.41) is 5.44. The first-order valence-corrected chi connectivity index (χ1v) is 9.97. The number of rotatable bonds is 4. The van der Waals surface area contributed by atoms with Crippen molar-refractivity contribution in [2.24, 2.45) is 14.1 Å². The Morgan fingerprint density at radius 3 is 2.03 bits per heavy atom. The number of likely N-dealkylation sites (tertiary alicyclic amines) is 1. The predicted octanol–water partition coefficient (Wildman–Crippen LogP) is 3.20. The quantitative estimate of drug-likeness (QED) is 0.801. The Bertz CT molecular complexity index is 961. The summed E-state index contributed by atoms with van der Waals surface area (Å²) in [6, 6.07) is 3.25. The first-order valence-electron chi connectivity index (χ1n) is 9.97. The van der Waals surface area contributed by atoms with E-state index in [-0.39, 0.29) is 11.8 Å². The molecule has 2 aromatic rings. The van der Waals surface area contributed by atoms with Crippen molar-refractivity contribution in [3.8, 4) is 0 Å². The van der Waals surface area contributed by atoms with Gasteiger partial charge in [0, 0.05) is 39.6 Å². The van der Waals surface area contributed by atoms with Crippen molar-refractivity contribution >= 4 is 29.3 Å². The van der Waals surface area contributed by atoms with Gasteiger partial charge in [-0.1, -0.05) is 0 Å². The minimum Gasteiger partial charge on any atom is -0.444 e. The third-order valence-corrected chi connectivity index (χ3v) is 4.76. The Balaban J connectivity index is 1.68. The highest BCUT2D eigenvalue weighted by molar-refractivity contribution is 6.05. The van der Waals surface area contributed by atoms with Gasteiger partial charge in [-0.2, -0.15) is 0 Å². The van der Waals surface area contributed by atoms with Crippen molar-refractivity contribution < 1.29 is 19.1 Å². The number of carbonyl (C=O) groups excluding carboxylic acids is 3. The number of anilines is 2. The molecule has 9 nitrogen and oxygen atoms in total. The van der Waals surface area contributed by atoms with Crippen molar-refractivity contribution in [2.45, 2.75) is 39.2 Å². The molecule has 0 aliphatic carbocycles. The minimum absolute atomic E-state index is 0.0294. The van der Waals surface area contributed by atoms with Crippen LogP contribution in [0.3, 0.4) is 0 Å². The molecule has 1 fully saturated rings. The van der Waals surface area contributed by atoms with E-state index >= 15 is 0 Å². The standard InChI is InChI=1S/C21H29N5O4/c1-21(2,3)30-20(29)23-15-10-16(24(4)13-15)18(27)22-14-11-17(25(5)12-14)19(28)26-8-6-7-9-26/h10-13H,6-9H2,1-5H3,(H,22,27)(H,23,29). The molecule has 9 heteroatoms. The fraction of sp³-hybridized carbons (Fsp3) is 0.476. The normalized spacial score (nSPS) is 14.0. The molecule has 3 heterocycles. The molecule has 1 saturated heterocycles. The van der Waals surface area contributed by atoms with Gasteiger partial charge in [0.2, 0.25) is 0 Å². The third-order valence-electron chi connectivity index (χ3n) is 4.76. The summed E-state index contributed by atoms with van der Waals surface area (Å²) in [6.07, 6.45) is 4.80. The number of aryl methyl sites for hydroxylation is 2. The average molecular weight is 415 g/mol. The highest BCUT2D eigenvalue weighted by Gasteiger charge is 2.23. The van der Waals surface area contributed by atoms with Gasteiger partial charge in [0.15, 0.2) is 0 Å². The van der Waals surface area contributed by atoms with Gasteiger partial charge in [0.25, 0.3) is 11.8 Å². The molecule has 0 spiro atoms. The second-order valence-corrected chi connectivity index (χ2v) is 8.53. The maximum Gasteiger partial charge on any atom is 0.412 e. The minimum atomic E-state index is -0.614. The smallest absolute Gasteiger partial charge is 0.412 e. The van der Waals surface area contributed by atoms with Crippen LogP contribution in [0.5, 0.6) is 0 Å². The van der Waals surface area contributed by atoms with Gasteiger partial charge in [-0.15, -0.1) is 0 Å². The summed E-state index contributed by atoms with van der Waals surface area (Å²) >= 11 is 0. The van der Waals surface area contributed by atoms with Crippen LogP contribution in [0.2, 0.25) is 0 Å². The Labute approximate surface area is 176 Å². The number of aromatic nitrogens is 2. The Hall–Kier alpha value is -3.23. The average Bonchev–Trinajstić information content (AvgIpc) is 3.33. The van der Waals surface area contributed by atoms with Crippen LogP contribution in [0.15, 0.2) is 24.5 Å². The van der Waals surface area contributed by atoms with Gasteiger partial charge in [-0.05, 0) is 45.7 Å². The lowest BCUT2D eigenvalue weighted by molar-refractivity contribution is 0.0635. The van der Waals surface area contributed by atoms with E-state index < -0.39 is 11.7 Å². The Kier molecular flexibility index (Phi) is 5.91.